The van der Waals surface area contributed by atoms with E-state index in [1.54, 1.807) is 11.3 Å². The maximum Gasteiger partial charge on any atom is 0.225 e. The molecule has 2 aromatic carbocycles. The van der Waals surface area contributed by atoms with E-state index in [1.165, 1.54) is 16.0 Å². The Hall–Kier alpha value is -2.79. The Kier molecular flexibility index (Phi) is 5.45. The Morgan fingerprint density at radius 3 is 2.84 bits per heavy atom. The number of rotatable bonds is 4. The van der Waals surface area contributed by atoms with Gasteiger partial charge in [-0.05, 0) is 53.1 Å². The molecule has 0 N–H and O–H groups in total. The van der Waals surface area contributed by atoms with Crippen molar-refractivity contribution in [2.24, 2.45) is 5.92 Å². The minimum absolute atomic E-state index is 0.0270. The number of hydrogen-bond donors (Lipinski definition) is 0. The molecule has 1 aromatic heterocycles. The van der Waals surface area contributed by atoms with E-state index in [-0.39, 0.29) is 17.9 Å². The molecule has 0 radical (unpaired) electrons. The van der Waals surface area contributed by atoms with Crippen LogP contribution in [0.3, 0.4) is 0 Å². The summed E-state index contributed by atoms with van der Waals surface area (Å²) in [6, 6.07) is 17.0. The third-order valence-electron chi connectivity index (χ3n) is 6.06. The van der Waals surface area contributed by atoms with Gasteiger partial charge in [0.15, 0.2) is 11.5 Å². The van der Waals surface area contributed by atoms with Gasteiger partial charge < -0.3 is 14.4 Å². The zero-order chi connectivity index (χ0) is 21.4. The molecule has 1 aliphatic heterocycles. The molecule has 4 nitrogen and oxygen atoms in total. The Morgan fingerprint density at radius 1 is 1.16 bits per heavy atom. The molecule has 160 valence electrons. The summed E-state index contributed by atoms with van der Waals surface area (Å²) in [5.74, 6) is 1.68. The van der Waals surface area contributed by atoms with Gasteiger partial charge in [0.2, 0.25) is 5.91 Å². The second-order valence-corrected chi connectivity index (χ2v) is 9.49. The monoisotopic (exact) mass is 433 g/mol. The molecular weight excluding hydrogens is 406 g/mol. The fraction of sp³-hybridized carbons (Fsp3) is 0.346. The summed E-state index contributed by atoms with van der Waals surface area (Å²) >= 11 is 1.71. The molecule has 0 bridgehead atoms. The number of carbonyl (C=O) groups is 1. The lowest BCUT2D eigenvalue weighted by atomic mass is 10.1. The van der Waals surface area contributed by atoms with Crippen molar-refractivity contribution in [3.05, 3.63) is 70.6 Å². The summed E-state index contributed by atoms with van der Waals surface area (Å²) in [5, 5.41) is 2.08. The first kappa shape index (κ1) is 20.1. The molecule has 0 saturated heterocycles. The van der Waals surface area contributed by atoms with Gasteiger partial charge in [0.1, 0.15) is 12.7 Å². The normalized spacial score (nSPS) is 17.6. The van der Waals surface area contributed by atoms with Crippen LogP contribution in [-0.4, -0.2) is 24.0 Å². The van der Waals surface area contributed by atoms with Crippen LogP contribution >= 0.6 is 11.3 Å². The van der Waals surface area contributed by atoms with Crippen LogP contribution in [0.1, 0.15) is 43.1 Å². The van der Waals surface area contributed by atoms with Gasteiger partial charge in [0.25, 0.3) is 0 Å². The van der Waals surface area contributed by atoms with Crippen molar-refractivity contribution in [1.29, 1.82) is 0 Å². The molecule has 5 rings (SSSR count). The molecule has 0 spiro atoms. The van der Waals surface area contributed by atoms with Crippen LogP contribution in [0.5, 0.6) is 11.5 Å². The summed E-state index contributed by atoms with van der Waals surface area (Å²) in [6.45, 7) is 5.50. The van der Waals surface area contributed by atoms with Crippen LogP contribution < -0.4 is 9.47 Å². The molecule has 0 fully saturated rings. The van der Waals surface area contributed by atoms with E-state index in [1.807, 2.05) is 18.7 Å². The SMILES string of the molecule is CC(C)C(=O)N1CCOc2c(cc(-c3cccs3)cc2O[C@@H]2CCc3ccccc32)C1. The smallest absolute Gasteiger partial charge is 0.225 e. The van der Waals surface area contributed by atoms with Crippen LogP contribution in [0.15, 0.2) is 53.9 Å². The number of nitrogens with zero attached hydrogens (tertiary/aromatic N) is 1. The molecule has 1 aliphatic carbocycles. The van der Waals surface area contributed by atoms with Crippen molar-refractivity contribution < 1.29 is 14.3 Å². The standard InChI is InChI=1S/C26H27NO3S/c1-17(2)26(28)27-11-12-29-25-20(16-27)14-19(24-8-5-13-31-24)15-23(25)30-22-10-9-18-6-3-4-7-21(18)22/h3-8,13-15,17,22H,9-12,16H2,1-2H3/t22-/m1/s1. The molecular formula is C26H27NO3S. The molecule has 0 saturated carbocycles. The fourth-order valence-corrected chi connectivity index (χ4v) is 5.22. The first-order chi connectivity index (χ1) is 15.1. The first-order valence-corrected chi connectivity index (χ1v) is 11.8. The highest BCUT2D eigenvalue weighted by Crippen LogP contribution is 2.43. The van der Waals surface area contributed by atoms with E-state index >= 15 is 0 Å². The number of aryl methyl sites for hydroxylation is 1. The van der Waals surface area contributed by atoms with E-state index in [0.29, 0.717) is 19.7 Å². The highest BCUT2D eigenvalue weighted by Gasteiger charge is 2.28. The topological polar surface area (TPSA) is 38.8 Å². The van der Waals surface area contributed by atoms with E-state index in [0.717, 1.165) is 35.5 Å². The third kappa shape index (κ3) is 3.94. The molecule has 1 amide bonds. The van der Waals surface area contributed by atoms with E-state index < -0.39 is 0 Å². The minimum Gasteiger partial charge on any atom is -0.487 e. The van der Waals surface area contributed by atoms with Gasteiger partial charge in [-0.15, -0.1) is 11.3 Å². The fourth-order valence-electron chi connectivity index (χ4n) is 4.50. The predicted molar refractivity (Wildman–Crippen MR) is 124 cm³/mol. The number of fused-ring (bicyclic) bond motifs is 2. The number of hydrogen-bond acceptors (Lipinski definition) is 4. The lowest BCUT2D eigenvalue weighted by Crippen LogP contribution is -2.35. The van der Waals surface area contributed by atoms with E-state index in [4.69, 9.17) is 9.47 Å². The summed E-state index contributed by atoms with van der Waals surface area (Å²) in [4.78, 5) is 15.8. The van der Waals surface area contributed by atoms with Gasteiger partial charge in [-0.2, -0.15) is 0 Å². The van der Waals surface area contributed by atoms with Crippen LogP contribution in [0.25, 0.3) is 10.4 Å². The minimum atomic E-state index is -0.0345. The summed E-state index contributed by atoms with van der Waals surface area (Å²) in [6.07, 6.45) is 2.03. The quantitative estimate of drug-likeness (QED) is 0.517. The summed E-state index contributed by atoms with van der Waals surface area (Å²) in [7, 11) is 0. The number of thiophene rings is 1. The van der Waals surface area contributed by atoms with Crippen molar-refractivity contribution in [1.82, 2.24) is 4.90 Å². The highest BCUT2D eigenvalue weighted by atomic mass is 32.1. The maximum absolute atomic E-state index is 12.7. The van der Waals surface area contributed by atoms with Crippen molar-refractivity contribution in [2.75, 3.05) is 13.2 Å². The molecule has 0 unspecified atom stereocenters. The average Bonchev–Trinajstić information content (AvgIpc) is 3.39. The summed E-state index contributed by atoms with van der Waals surface area (Å²) < 4.78 is 12.8. The van der Waals surface area contributed by atoms with Crippen molar-refractivity contribution in [3.8, 4) is 21.9 Å². The van der Waals surface area contributed by atoms with Crippen LogP contribution in [0.2, 0.25) is 0 Å². The van der Waals surface area contributed by atoms with Gasteiger partial charge in [0, 0.05) is 22.9 Å². The second-order valence-electron chi connectivity index (χ2n) is 8.55. The number of ether oxygens (including phenoxy) is 2. The van der Waals surface area contributed by atoms with Gasteiger partial charge in [0.05, 0.1) is 6.54 Å². The molecule has 31 heavy (non-hydrogen) atoms. The molecule has 2 heterocycles. The number of carbonyl (C=O) groups excluding carboxylic acids is 1. The van der Waals surface area contributed by atoms with Gasteiger partial charge >= 0.3 is 0 Å². The van der Waals surface area contributed by atoms with Crippen molar-refractivity contribution in [3.63, 3.8) is 0 Å². The van der Waals surface area contributed by atoms with Crippen LogP contribution in [-0.2, 0) is 17.8 Å². The zero-order valence-electron chi connectivity index (χ0n) is 18.0. The molecule has 3 aromatic rings. The number of amides is 1. The lowest BCUT2D eigenvalue weighted by Gasteiger charge is -2.22. The van der Waals surface area contributed by atoms with Gasteiger partial charge in [-0.25, -0.2) is 0 Å². The largest absolute Gasteiger partial charge is 0.487 e. The third-order valence-corrected chi connectivity index (χ3v) is 6.98. The average molecular weight is 434 g/mol. The van der Waals surface area contributed by atoms with E-state index in [9.17, 15) is 4.79 Å². The highest BCUT2D eigenvalue weighted by molar-refractivity contribution is 7.13. The number of benzene rings is 2. The van der Waals surface area contributed by atoms with Crippen LogP contribution in [0.4, 0.5) is 0 Å². The van der Waals surface area contributed by atoms with Gasteiger partial charge in [-0.3, -0.25) is 4.79 Å². The van der Waals surface area contributed by atoms with Crippen LogP contribution in [0, 0.1) is 5.92 Å². The van der Waals surface area contributed by atoms with Gasteiger partial charge in [-0.1, -0.05) is 44.2 Å². The summed E-state index contributed by atoms with van der Waals surface area (Å²) in [5.41, 5.74) is 4.75. The Morgan fingerprint density at radius 2 is 2.03 bits per heavy atom. The zero-order valence-corrected chi connectivity index (χ0v) is 18.8. The molecule has 2 aliphatic rings. The Bertz CT molecular complexity index is 1090. The van der Waals surface area contributed by atoms with E-state index in [2.05, 4.69) is 53.9 Å². The molecule has 5 heteroatoms. The first-order valence-electron chi connectivity index (χ1n) is 11.0. The van der Waals surface area contributed by atoms with Crippen molar-refractivity contribution >= 4 is 17.2 Å². The maximum atomic E-state index is 12.7. The molecule has 1 atom stereocenters. The Balaban J connectivity index is 1.54. The second kappa shape index (κ2) is 8.39. The lowest BCUT2D eigenvalue weighted by molar-refractivity contribution is -0.135. The van der Waals surface area contributed by atoms with Crippen molar-refractivity contribution in [2.45, 2.75) is 39.3 Å². The predicted octanol–water partition coefficient (Wildman–Crippen LogP) is 5.86. The Labute approximate surface area is 187 Å².